The predicted molar refractivity (Wildman–Crippen MR) is 79.1 cm³/mol. The molecule has 0 atom stereocenters. The van der Waals surface area contributed by atoms with Crippen molar-refractivity contribution in [3.05, 3.63) is 28.8 Å². The molecule has 0 saturated carbocycles. The Morgan fingerprint density at radius 1 is 1.33 bits per heavy atom. The first-order valence-electron chi connectivity index (χ1n) is 6.79. The molecule has 1 heterocycles. The lowest BCUT2D eigenvalue weighted by Gasteiger charge is -2.15. The Morgan fingerprint density at radius 3 is 2.71 bits per heavy atom. The number of methoxy groups -OCH3 is 1. The van der Waals surface area contributed by atoms with E-state index in [0.29, 0.717) is 25.1 Å². The van der Waals surface area contributed by atoms with E-state index in [1.54, 1.807) is 7.11 Å². The Hall–Kier alpha value is -2.37. The van der Waals surface area contributed by atoms with Crippen LogP contribution in [0.15, 0.2) is 17.2 Å². The van der Waals surface area contributed by atoms with Gasteiger partial charge in [0, 0.05) is 19.4 Å². The number of rotatable bonds is 4. The first kappa shape index (κ1) is 15.0. The molecule has 6 heteroatoms. The highest BCUT2D eigenvalue weighted by atomic mass is 16.5. The molecule has 21 heavy (non-hydrogen) atoms. The maximum atomic E-state index is 12.0. The minimum atomic E-state index is -0.247. The zero-order valence-electron chi connectivity index (χ0n) is 12.4. The third-order valence-electron chi connectivity index (χ3n) is 3.68. The van der Waals surface area contributed by atoms with Gasteiger partial charge in [-0.25, -0.2) is 5.43 Å². The van der Waals surface area contributed by atoms with Crippen LogP contribution in [0.1, 0.15) is 29.5 Å². The molecule has 0 saturated heterocycles. The lowest BCUT2D eigenvalue weighted by atomic mass is 10.0. The van der Waals surface area contributed by atoms with Gasteiger partial charge in [-0.1, -0.05) is 6.07 Å². The fraction of sp³-hybridized carbons (Fsp3) is 0.400. The van der Waals surface area contributed by atoms with E-state index < -0.39 is 0 Å². The van der Waals surface area contributed by atoms with E-state index in [-0.39, 0.29) is 11.8 Å². The lowest BCUT2D eigenvalue weighted by molar-refractivity contribution is -0.121. The molecule has 1 aromatic rings. The van der Waals surface area contributed by atoms with Gasteiger partial charge in [0.2, 0.25) is 5.91 Å². The summed E-state index contributed by atoms with van der Waals surface area (Å²) in [6.07, 6.45) is 0.672. The van der Waals surface area contributed by atoms with Crippen LogP contribution in [0.4, 0.5) is 0 Å². The molecule has 112 valence electrons. The molecule has 0 fully saturated rings. The number of hydrazone groups is 1. The van der Waals surface area contributed by atoms with Gasteiger partial charge >= 0.3 is 0 Å². The monoisotopic (exact) mass is 289 g/mol. The average Bonchev–Trinajstić information content (AvgIpc) is 2.49. The van der Waals surface area contributed by atoms with Gasteiger partial charge in [0.15, 0.2) is 0 Å². The van der Waals surface area contributed by atoms with E-state index in [9.17, 15) is 9.59 Å². The van der Waals surface area contributed by atoms with Gasteiger partial charge < -0.3 is 10.1 Å². The molecule has 6 nitrogen and oxygen atoms in total. The van der Waals surface area contributed by atoms with Crippen molar-refractivity contribution >= 4 is 17.5 Å². The van der Waals surface area contributed by atoms with E-state index in [0.717, 1.165) is 22.4 Å². The van der Waals surface area contributed by atoms with Gasteiger partial charge in [-0.05, 0) is 36.6 Å². The van der Waals surface area contributed by atoms with Crippen molar-refractivity contribution in [2.75, 3.05) is 7.11 Å². The normalized spacial score (nSPS) is 14.2. The summed E-state index contributed by atoms with van der Waals surface area (Å²) in [5, 5.41) is 6.60. The molecule has 2 rings (SSSR count). The fourth-order valence-corrected chi connectivity index (χ4v) is 2.18. The van der Waals surface area contributed by atoms with Gasteiger partial charge in [0.25, 0.3) is 5.91 Å². The Morgan fingerprint density at radius 2 is 2.10 bits per heavy atom. The molecule has 1 aliphatic rings. The minimum Gasteiger partial charge on any atom is -0.496 e. The summed E-state index contributed by atoms with van der Waals surface area (Å²) in [6.45, 7) is 4.40. The molecule has 1 aromatic carbocycles. The van der Waals surface area contributed by atoms with E-state index in [1.165, 1.54) is 0 Å². The molecule has 0 bridgehead atoms. The van der Waals surface area contributed by atoms with Crippen LogP contribution in [-0.4, -0.2) is 24.6 Å². The van der Waals surface area contributed by atoms with Crippen LogP contribution in [0.3, 0.4) is 0 Å². The summed E-state index contributed by atoms with van der Waals surface area (Å²) < 4.78 is 5.26. The second-order valence-corrected chi connectivity index (χ2v) is 4.95. The number of hydrogen-bond acceptors (Lipinski definition) is 4. The van der Waals surface area contributed by atoms with Gasteiger partial charge in [0.1, 0.15) is 11.5 Å². The largest absolute Gasteiger partial charge is 0.496 e. The van der Waals surface area contributed by atoms with Crippen molar-refractivity contribution in [1.82, 2.24) is 10.7 Å². The summed E-state index contributed by atoms with van der Waals surface area (Å²) >= 11 is 0. The van der Waals surface area contributed by atoms with Crippen molar-refractivity contribution in [3.63, 3.8) is 0 Å². The van der Waals surface area contributed by atoms with Gasteiger partial charge in [-0.2, -0.15) is 5.10 Å². The van der Waals surface area contributed by atoms with Gasteiger partial charge in [-0.3, -0.25) is 9.59 Å². The SMILES string of the molecule is COc1ccc(CNC(=O)C2=NNC(=O)CC2)c(C)c1C. The zero-order valence-corrected chi connectivity index (χ0v) is 12.4. The summed E-state index contributed by atoms with van der Waals surface area (Å²) in [5.74, 6) is 0.429. The van der Waals surface area contributed by atoms with Crippen LogP contribution in [-0.2, 0) is 16.1 Å². The van der Waals surface area contributed by atoms with E-state index in [1.807, 2.05) is 26.0 Å². The second kappa shape index (κ2) is 6.39. The van der Waals surface area contributed by atoms with E-state index in [2.05, 4.69) is 15.8 Å². The zero-order chi connectivity index (χ0) is 15.4. The number of benzene rings is 1. The standard InChI is InChI=1S/C15H19N3O3/c1-9-10(2)13(21-3)6-4-11(9)8-16-15(20)12-5-7-14(19)18-17-12/h4,6H,5,7-8H2,1-3H3,(H,16,20)(H,18,19). The van der Waals surface area contributed by atoms with E-state index >= 15 is 0 Å². The van der Waals surface area contributed by atoms with Crippen molar-refractivity contribution in [2.24, 2.45) is 5.10 Å². The first-order chi connectivity index (χ1) is 10.0. The fourth-order valence-electron chi connectivity index (χ4n) is 2.18. The van der Waals surface area contributed by atoms with Crippen molar-refractivity contribution < 1.29 is 14.3 Å². The van der Waals surface area contributed by atoms with Gasteiger partial charge in [-0.15, -0.1) is 0 Å². The van der Waals surface area contributed by atoms with E-state index in [4.69, 9.17) is 4.74 Å². The first-order valence-corrected chi connectivity index (χ1v) is 6.79. The molecule has 0 aromatic heterocycles. The number of ether oxygens (including phenoxy) is 1. The maximum Gasteiger partial charge on any atom is 0.267 e. The molecule has 1 aliphatic heterocycles. The number of amides is 2. The van der Waals surface area contributed by atoms with Crippen molar-refractivity contribution in [2.45, 2.75) is 33.2 Å². The second-order valence-electron chi connectivity index (χ2n) is 4.95. The average molecular weight is 289 g/mol. The van der Waals surface area contributed by atoms with Crippen LogP contribution in [0.2, 0.25) is 0 Å². The Balaban J connectivity index is 2.02. The number of hydrogen-bond donors (Lipinski definition) is 2. The maximum absolute atomic E-state index is 12.0. The molecular weight excluding hydrogens is 270 g/mol. The van der Waals surface area contributed by atoms with Crippen molar-refractivity contribution in [3.8, 4) is 5.75 Å². The third kappa shape index (κ3) is 3.39. The Bertz CT molecular complexity index is 608. The summed E-state index contributed by atoms with van der Waals surface area (Å²) in [4.78, 5) is 23.0. The number of carbonyl (C=O) groups is 2. The minimum absolute atomic E-state index is 0.159. The molecule has 2 N–H and O–H groups in total. The summed E-state index contributed by atoms with van der Waals surface area (Å²) in [6, 6.07) is 3.83. The summed E-state index contributed by atoms with van der Waals surface area (Å²) in [5.41, 5.74) is 5.86. The quantitative estimate of drug-likeness (QED) is 0.874. The smallest absolute Gasteiger partial charge is 0.267 e. The van der Waals surface area contributed by atoms with Crippen molar-refractivity contribution in [1.29, 1.82) is 0 Å². The highest BCUT2D eigenvalue weighted by Gasteiger charge is 2.18. The van der Waals surface area contributed by atoms with Crippen LogP contribution >= 0.6 is 0 Å². The Kier molecular flexibility index (Phi) is 4.57. The van der Waals surface area contributed by atoms with Gasteiger partial charge in [0.05, 0.1) is 7.11 Å². The van der Waals surface area contributed by atoms with Crippen LogP contribution in [0.25, 0.3) is 0 Å². The molecule has 0 spiro atoms. The molecule has 0 aliphatic carbocycles. The molecule has 0 unspecified atom stereocenters. The summed E-state index contributed by atoms with van der Waals surface area (Å²) in [7, 11) is 1.64. The van der Waals surface area contributed by atoms with Crippen LogP contribution in [0, 0.1) is 13.8 Å². The lowest BCUT2D eigenvalue weighted by Crippen LogP contribution is -2.36. The number of nitrogens with zero attached hydrogens (tertiary/aromatic N) is 1. The number of nitrogens with one attached hydrogen (secondary N) is 2. The Labute approximate surface area is 123 Å². The predicted octanol–water partition coefficient (Wildman–Crippen LogP) is 1.19. The third-order valence-corrected chi connectivity index (χ3v) is 3.68. The van der Waals surface area contributed by atoms with Crippen LogP contribution < -0.4 is 15.5 Å². The van der Waals surface area contributed by atoms with Crippen LogP contribution in [0.5, 0.6) is 5.75 Å². The molecule has 2 amide bonds. The molecule has 0 radical (unpaired) electrons. The highest BCUT2D eigenvalue weighted by Crippen LogP contribution is 2.23. The highest BCUT2D eigenvalue weighted by molar-refractivity contribution is 6.39. The number of carbonyl (C=O) groups excluding carboxylic acids is 2. The molecular formula is C15H19N3O3. The topological polar surface area (TPSA) is 79.8 Å².